The number of rotatable bonds is 8. The maximum absolute atomic E-state index is 13.7. The average Bonchev–Trinajstić information content (AvgIpc) is 3.49. The molecule has 0 radical (unpaired) electrons. The van der Waals surface area contributed by atoms with E-state index in [0.717, 1.165) is 16.5 Å². The molecule has 0 fully saturated rings. The monoisotopic (exact) mass is 510 g/mol. The summed E-state index contributed by atoms with van der Waals surface area (Å²) in [6.45, 7) is 0.253. The highest BCUT2D eigenvalue weighted by Crippen LogP contribution is 2.39. The fourth-order valence-corrected chi connectivity index (χ4v) is 4.88. The number of benzene rings is 3. The molecule has 1 aliphatic rings. The first-order chi connectivity index (χ1) is 18.4. The minimum Gasteiger partial charge on any atom is -0.503 e. The summed E-state index contributed by atoms with van der Waals surface area (Å²) in [5, 5.41) is 12.0. The fourth-order valence-electron chi connectivity index (χ4n) is 4.88. The molecule has 0 saturated heterocycles. The van der Waals surface area contributed by atoms with Crippen molar-refractivity contribution in [2.24, 2.45) is 0 Å². The number of amides is 1. The molecule has 0 spiro atoms. The van der Waals surface area contributed by atoms with E-state index in [9.17, 15) is 19.5 Å². The molecule has 1 amide bonds. The van der Waals surface area contributed by atoms with Gasteiger partial charge in [0.25, 0.3) is 5.91 Å². The Kier molecular flexibility index (Phi) is 6.70. The SMILES string of the molecule is COC(=O)c1ccc(C2C(C(=O)c3cccc(OC)c3)=C(O)C(=O)N2CCc2c[nH]c3ccccc23)cc1. The van der Waals surface area contributed by atoms with Crippen molar-refractivity contribution in [1.82, 2.24) is 9.88 Å². The maximum atomic E-state index is 13.7. The molecule has 0 aliphatic carbocycles. The Morgan fingerprint density at radius 1 is 0.974 bits per heavy atom. The number of nitrogens with zero attached hydrogens (tertiary/aromatic N) is 1. The molecule has 0 bridgehead atoms. The number of ketones is 1. The van der Waals surface area contributed by atoms with Crippen molar-refractivity contribution in [3.05, 3.63) is 113 Å². The summed E-state index contributed by atoms with van der Waals surface area (Å²) in [5.74, 6) is -1.71. The molecule has 2 N–H and O–H groups in total. The number of ether oxygens (including phenoxy) is 2. The van der Waals surface area contributed by atoms with Crippen LogP contribution < -0.4 is 4.74 Å². The number of nitrogens with one attached hydrogen (secondary N) is 1. The lowest BCUT2D eigenvalue weighted by Gasteiger charge is -2.27. The Labute approximate surface area is 219 Å². The number of hydrogen-bond acceptors (Lipinski definition) is 6. The Morgan fingerprint density at radius 3 is 2.47 bits per heavy atom. The Balaban J connectivity index is 1.53. The van der Waals surface area contributed by atoms with Crippen molar-refractivity contribution in [3.8, 4) is 5.75 Å². The van der Waals surface area contributed by atoms with Gasteiger partial charge in [0, 0.05) is 29.2 Å². The van der Waals surface area contributed by atoms with Gasteiger partial charge in [-0.3, -0.25) is 9.59 Å². The first-order valence-electron chi connectivity index (χ1n) is 12.1. The molecule has 0 saturated carbocycles. The number of para-hydroxylation sites is 1. The topological polar surface area (TPSA) is 109 Å². The molecule has 3 aromatic carbocycles. The fraction of sp³-hybridized carbons (Fsp3) is 0.167. The number of H-pyrrole nitrogens is 1. The quantitative estimate of drug-likeness (QED) is 0.261. The summed E-state index contributed by atoms with van der Waals surface area (Å²) in [6.07, 6.45) is 2.40. The molecular weight excluding hydrogens is 484 g/mol. The van der Waals surface area contributed by atoms with Gasteiger partial charge >= 0.3 is 5.97 Å². The predicted molar refractivity (Wildman–Crippen MR) is 141 cm³/mol. The van der Waals surface area contributed by atoms with Crippen LogP contribution in [0.5, 0.6) is 5.75 Å². The van der Waals surface area contributed by atoms with E-state index in [2.05, 4.69) is 4.98 Å². The molecule has 4 aromatic rings. The molecule has 1 atom stereocenters. The van der Waals surface area contributed by atoms with Gasteiger partial charge in [0.05, 0.1) is 31.4 Å². The third-order valence-corrected chi connectivity index (χ3v) is 6.82. The van der Waals surface area contributed by atoms with Gasteiger partial charge in [-0.15, -0.1) is 0 Å². The van der Waals surface area contributed by atoms with Crippen LogP contribution in [0, 0.1) is 0 Å². The van der Waals surface area contributed by atoms with E-state index >= 15 is 0 Å². The van der Waals surface area contributed by atoms with Gasteiger partial charge in [0.1, 0.15) is 5.75 Å². The zero-order valence-electron chi connectivity index (χ0n) is 20.9. The van der Waals surface area contributed by atoms with E-state index in [1.165, 1.54) is 19.1 Å². The number of aromatic amines is 1. The lowest BCUT2D eigenvalue weighted by Crippen LogP contribution is -2.33. The number of carbonyl (C=O) groups is 3. The van der Waals surface area contributed by atoms with Crippen molar-refractivity contribution in [3.63, 3.8) is 0 Å². The summed E-state index contributed by atoms with van der Waals surface area (Å²) in [7, 11) is 2.79. The lowest BCUT2D eigenvalue weighted by atomic mass is 9.92. The van der Waals surface area contributed by atoms with Gasteiger partial charge in [-0.25, -0.2) is 4.79 Å². The van der Waals surface area contributed by atoms with Crippen LogP contribution in [0.25, 0.3) is 10.9 Å². The molecular formula is C30H26N2O6. The van der Waals surface area contributed by atoms with Crippen molar-refractivity contribution in [1.29, 1.82) is 0 Å². The van der Waals surface area contributed by atoms with Crippen molar-refractivity contribution in [2.45, 2.75) is 12.5 Å². The third kappa shape index (κ3) is 4.41. The molecule has 1 unspecified atom stereocenters. The number of carbonyl (C=O) groups excluding carboxylic acids is 3. The minimum absolute atomic E-state index is 0.0204. The van der Waals surface area contributed by atoms with Gasteiger partial charge < -0.3 is 24.5 Å². The normalized spacial score (nSPS) is 15.3. The van der Waals surface area contributed by atoms with E-state index in [1.807, 2.05) is 30.5 Å². The molecule has 1 aromatic heterocycles. The number of hydrogen-bond donors (Lipinski definition) is 2. The van der Waals surface area contributed by atoms with E-state index in [1.54, 1.807) is 48.5 Å². The zero-order valence-corrected chi connectivity index (χ0v) is 20.9. The van der Waals surface area contributed by atoms with Crippen LogP contribution in [-0.4, -0.2) is 53.4 Å². The Hall–Kier alpha value is -4.85. The van der Waals surface area contributed by atoms with Gasteiger partial charge in [-0.1, -0.05) is 42.5 Å². The molecule has 8 nitrogen and oxygen atoms in total. The van der Waals surface area contributed by atoms with Crippen LogP contribution in [-0.2, 0) is 16.0 Å². The summed E-state index contributed by atoms with van der Waals surface area (Å²) < 4.78 is 10.0. The number of Topliss-reactive ketones (excluding diaryl/α,β-unsaturated/α-hetero) is 1. The summed E-state index contributed by atoms with van der Waals surface area (Å²) in [5.41, 5.74) is 3.18. The standard InChI is InChI=1S/C30H26N2O6/c1-37-22-7-5-6-20(16-22)27(33)25-26(18-10-12-19(13-11-18)30(36)38-2)32(29(35)28(25)34)15-14-21-17-31-24-9-4-3-8-23(21)24/h3-13,16-17,26,31,34H,14-15H2,1-2H3. The second-order valence-corrected chi connectivity index (χ2v) is 8.95. The molecule has 2 heterocycles. The van der Waals surface area contributed by atoms with Gasteiger partial charge in [-0.2, -0.15) is 0 Å². The lowest BCUT2D eigenvalue weighted by molar-refractivity contribution is -0.129. The zero-order chi connectivity index (χ0) is 26.8. The van der Waals surface area contributed by atoms with E-state index in [4.69, 9.17) is 9.47 Å². The number of aliphatic hydroxyl groups excluding tert-OH is 1. The van der Waals surface area contributed by atoms with Gasteiger partial charge in [-0.05, 0) is 47.9 Å². The smallest absolute Gasteiger partial charge is 0.337 e. The number of aliphatic hydroxyl groups is 1. The highest BCUT2D eigenvalue weighted by molar-refractivity contribution is 6.16. The Morgan fingerprint density at radius 2 is 1.74 bits per heavy atom. The third-order valence-electron chi connectivity index (χ3n) is 6.82. The predicted octanol–water partition coefficient (Wildman–Crippen LogP) is 4.78. The maximum Gasteiger partial charge on any atom is 0.337 e. The number of fused-ring (bicyclic) bond motifs is 1. The average molecular weight is 511 g/mol. The van der Waals surface area contributed by atoms with Crippen molar-refractivity contribution >= 4 is 28.6 Å². The first kappa shape index (κ1) is 24.8. The summed E-state index contributed by atoms with van der Waals surface area (Å²) >= 11 is 0. The molecule has 1 aliphatic heterocycles. The van der Waals surface area contributed by atoms with E-state index in [0.29, 0.717) is 23.3 Å². The molecule has 8 heteroatoms. The van der Waals surface area contributed by atoms with E-state index < -0.39 is 29.5 Å². The van der Waals surface area contributed by atoms with Crippen molar-refractivity contribution < 1.29 is 29.0 Å². The van der Waals surface area contributed by atoms with E-state index in [-0.39, 0.29) is 17.7 Å². The second kappa shape index (κ2) is 10.3. The van der Waals surface area contributed by atoms with Crippen LogP contribution in [0.1, 0.15) is 37.9 Å². The molecule has 5 rings (SSSR count). The molecule has 38 heavy (non-hydrogen) atoms. The van der Waals surface area contributed by atoms with Gasteiger partial charge in [0.15, 0.2) is 11.5 Å². The number of esters is 1. The van der Waals surface area contributed by atoms with Crippen LogP contribution in [0.15, 0.2) is 90.3 Å². The summed E-state index contributed by atoms with van der Waals surface area (Å²) in [6, 6.07) is 20.1. The minimum atomic E-state index is -0.849. The largest absolute Gasteiger partial charge is 0.503 e. The molecule has 192 valence electrons. The van der Waals surface area contributed by atoms with Crippen LogP contribution in [0.2, 0.25) is 0 Å². The highest BCUT2D eigenvalue weighted by Gasteiger charge is 2.43. The van der Waals surface area contributed by atoms with Crippen LogP contribution in [0.3, 0.4) is 0 Å². The van der Waals surface area contributed by atoms with Crippen LogP contribution in [0.4, 0.5) is 0 Å². The van der Waals surface area contributed by atoms with Crippen molar-refractivity contribution in [2.75, 3.05) is 20.8 Å². The van der Waals surface area contributed by atoms with Crippen LogP contribution >= 0.6 is 0 Å². The highest BCUT2D eigenvalue weighted by atomic mass is 16.5. The Bertz CT molecular complexity index is 1570. The first-order valence-corrected chi connectivity index (χ1v) is 12.1. The number of aromatic nitrogens is 1. The number of methoxy groups -OCH3 is 2. The second-order valence-electron chi connectivity index (χ2n) is 8.95. The van der Waals surface area contributed by atoms with Gasteiger partial charge in [0.2, 0.25) is 0 Å². The summed E-state index contributed by atoms with van der Waals surface area (Å²) in [4.78, 5) is 43.8.